The largest absolute Gasteiger partial charge is 0.394 e. The first-order valence-corrected chi connectivity index (χ1v) is 7.63. The van der Waals surface area contributed by atoms with E-state index in [4.69, 9.17) is 9.84 Å². The normalized spacial score (nSPS) is 18.7. The highest BCUT2D eigenvalue weighted by atomic mass is 79.9. The molecule has 1 aromatic heterocycles. The predicted octanol–water partition coefficient (Wildman–Crippen LogP) is 2.48. The molecular formula is C12H18BrNO2S. The molecule has 1 aliphatic heterocycles. The molecule has 0 radical (unpaired) electrons. The molecule has 1 fully saturated rings. The Morgan fingerprint density at radius 2 is 2.24 bits per heavy atom. The number of aliphatic hydroxyl groups excluding tert-OH is 1. The molecule has 1 aliphatic rings. The van der Waals surface area contributed by atoms with Crippen molar-refractivity contribution in [1.82, 2.24) is 4.90 Å². The van der Waals surface area contributed by atoms with Crippen LogP contribution < -0.4 is 0 Å². The maximum Gasteiger partial charge on any atom is 0.0701 e. The van der Waals surface area contributed by atoms with Gasteiger partial charge in [-0.05, 0) is 45.8 Å². The average Bonchev–Trinajstić information content (AvgIpc) is 2.74. The third-order valence-electron chi connectivity index (χ3n) is 3.01. The minimum absolute atomic E-state index is 0.128. The second-order valence-electron chi connectivity index (χ2n) is 4.33. The molecule has 17 heavy (non-hydrogen) atoms. The highest BCUT2D eigenvalue weighted by molar-refractivity contribution is 9.11. The minimum atomic E-state index is 0.128. The van der Waals surface area contributed by atoms with E-state index in [1.54, 1.807) is 11.3 Å². The zero-order valence-electron chi connectivity index (χ0n) is 9.77. The van der Waals surface area contributed by atoms with Gasteiger partial charge in [0.15, 0.2) is 0 Å². The van der Waals surface area contributed by atoms with E-state index < -0.39 is 0 Å². The van der Waals surface area contributed by atoms with Crippen molar-refractivity contribution in [3.8, 4) is 0 Å². The molecule has 96 valence electrons. The summed E-state index contributed by atoms with van der Waals surface area (Å²) in [6, 6.07) is 2.19. The van der Waals surface area contributed by atoms with Crippen LogP contribution in [0.15, 0.2) is 15.2 Å². The predicted molar refractivity (Wildman–Crippen MR) is 73.4 cm³/mol. The Kier molecular flexibility index (Phi) is 5.44. The molecule has 1 aromatic rings. The Bertz CT molecular complexity index is 337. The Morgan fingerprint density at radius 1 is 1.47 bits per heavy atom. The van der Waals surface area contributed by atoms with Crippen LogP contribution in [0.2, 0.25) is 0 Å². The van der Waals surface area contributed by atoms with Crippen LogP contribution >= 0.6 is 27.3 Å². The number of thiophene rings is 1. The van der Waals surface area contributed by atoms with Crippen LogP contribution in [-0.4, -0.2) is 42.4 Å². The lowest BCUT2D eigenvalue weighted by Gasteiger charge is -2.31. The zero-order chi connectivity index (χ0) is 12.1. The van der Waals surface area contributed by atoms with Gasteiger partial charge in [0.1, 0.15) is 0 Å². The summed E-state index contributed by atoms with van der Waals surface area (Å²) in [6.45, 7) is 3.81. The van der Waals surface area contributed by atoms with Gasteiger partial charge in [-0.2, -0.15) is 0 Å². The summed E-state index contributed by atoms with van der Waals surface area (Å²) in [4.78, 5) is 2.47. The van der Waals surface area contributed by atoms with Gasteiger partial charge in [-0.25, -0.2) is 0 Å². The van der Waals surface area contributed by atoms with E-state index in [2.05, 4.69) is 32.3 Å². The van der Waals surface area contributed by atoms with Gasteiger partial charge in [0, 0.05) is 19.6 Å². The molecule has 0 bridgehead atoms. The van der Waals surface area contributed by atoms with Crippen molar-refractivity contribution in [3.05, 3.63) is 20.8 Å². The monoisotopic (exact) mass is 319 g/mol. The number of nitrogens with zero attached hydrogens (tertiary/aromatic N) is 1. The highest BCUT2D eigenvalue weighted by Crippen LogP contribution is 2.23. The SMILES string of the molecule is OCCOC1CCN(Cc2csc(Br)c2)CC1. The Balaban J connectivity index is 1.72. The van der Waals surface area contributed by atoms with Crippen molar-refractivity contribution in [1.29, 1.82) is 0 Å². The first-order valence-electron chi connectivity index (χ1n) is 5.95. The number of halogens is 1. The molecule has 0 saturated carbocycles. The average molecular weight is 320 g/mol. The lowest BCUT2D eigenvalue weighted by molar-refractivity contribution is -0.00899. The number of likely N-dealkylation sites (tertiary alicyclic amines) is 1. The second kappa shape index (κ2) is 6.85. The molecule has 1 N–H and O–H groups in total. The lowest BCUT2D eigenvalue weighted by atomic mass is 10.1. The molecular weight excluding hydrogens is 302 g/mol. The van der Waals surface area contributed by atoms with Crippen molar-refractivity contribution in [2.45, 2.75) is 25.5 Å². The van der Waals surface area contributed by atoms with Crippen LogP contribution in [0.3, 0.4) is 0 Å². The van der Waals surface area contributed by atoms with Gasteiger partial charge >= 0.3 is 0 Å². The highest BCUT2D eigenvalue weighted by Gasteiger charge is 2.19. The van der Waals surface area contributed by atoms with Crippen molar-refractivity contribution >= 4 is 27.3 Å². The summed E-state index contributed by atoms with van der Waals surface area (Å²) in [5.74, 6) is 0. The van der Waals surface area contributed by atoms with Gasteiger partial charge in [-0.15, -0.1) is 11.3 Å². The van der Waals surface area contributed by atoms with E-state index in [0.717, 1.165) is 32.5 Å². The van der Waals surface area contributed by atoms with E-state index in [9.17, 15) is 0 Å². The smallest absolute Gasteiger partial charge is 0.0701 e. The third-order valence-corrected chi connectivity index (χ3v) is 4.56. The van der Waals surface area contributed by atoms with Gasteiger partial charge in [-0.3, -0.25) is 4.90 Å². The lowest BCUT2D eigenvalue weighted by Crippen LogP contribution is -2.36. The van der Waals surface area contributed by atoms with E-state index in [0.29, 0.717) is 12.7 Å². The molecule has 0 atom stereocenters. The molecule has 0 amide bonds. The standard InChI is InChI=1S/C12H18BrNO2S/c13-12-7-10(9-17-12)8-14-3-1-11(2-4-14)16-6-5-15/h7,9,11,15H,1-6,8H2. The zero-order valence-corrected chi connectivity index (χ0v) is 12.2. The van der Waals surface area contributed by atoms with Crippen molar-refractivity contribution in [3.63, 3.8) is 0 Å². The summed E-state index contributed by atoms with van der Waals surface area (Å²) in [7, 11) is 0. The fourth-order valence-corrected chi connectivity index (χ4v) is 3.34. The minimum Gasteiger partial charge on any atom is -0.394 e. The van der Waals surface area contributed by atoms with Gasteiger partial charge in [0.05, 0.1) is 23.1 Å². The molecule has 5 heteroatoms. The fraction of sp³-hybridized carbons (Fsp3) is 0.667. The third kappa shape index (κ3) is 4.34. The molecule has 0 aromatic carbocycles. The van der Waals surface area contributed by atoms with Gasteiger partial charge in [0.25, 0.3) is 0 Å². The van der Waals surface area contributed by atoms with Crippen LogP contribution in [-0.2, 0) is 11.3 Å². The second-order valence-corrected chi connectivity index (χ2v) is 6.62. The maximum absolute atomic E-state index is 8.71. The summed E-state index contributed by atoms with van der Waals surface area (Å²) in [5.41, 5.74) is 1.39. The first kappa shape index (κ1) is 13.5. The summed E-state index contributed by atoms with van der Waals surface area (Å²) in [5, 5.41) is 10.9. The van der Waals surface area contributed by atoms with Crippen LogP contribution in [0.4, 0.5) is 0 Å². The molecule has 2 rings (SSSR count). The molecule has 1 saturated heterocycles. The Labute approximate surface area is 115 Å². The maximum atomic E-state index is 8.71. The van der Waals surface area contributed by atoms with E-state index >= 15 is 0 Å². The number of hydrogen-bond acceptors (Lipinski definition) is 4. The van der Waals surface area contributed by atoms with Crippen molar-refractivity contribution in [2.75, 3.05) is 26.3 Å². The van der Waals surface area contributed by atoms with Crippen molar-refractivity contribution < 1.29 is 9.84 Å². The van der Waals surface area contributed by atoms with E-state index in [1.807, 2.05) is 0 Å². The van der Waals surface area contributed by atoms with Crippen LogP contribution in [0.25, 0.3) is 0 Å². The summed E-state index contributed by atoms with van der Waals surface area (Å²) >= 11 is 5.23. The summed E-state index contributed by atoms with van der Waals surface area (Å²) < 4.78 is 6.76. The summed E-state index contributed by atoms with van der Waals surface area (Å²) in [6.07, 6.45) is 2.49. The topological polar surface area (TPSA) is 32.7 Å². The number of hydrogen-bond donors (Lipinski definition) is 1. The Hall–Kier alpha value is 0.0600. The van der Waals surface area contributed by atoms with Gasteiger partial charge in [-0.1, -0.05) is 0 Å². The number of aliphatic hydroxyl groups is 1. The molecule has 0 aliphatic carbocycles. The Morgan fingerprint density at radius 3 is 2.82 bits per heavy atom. The van der Waals surface area contributed by atoms with Gasteiger partial charge in [0.2, 0.25) is 0 Å². The van der Waals surface area contributed by atoms with Crippen LogP contribution in [0.1, 0.15) is 18.4 Å². The van der Waals surface area contributed by atoms with E-state index in [1.165, 1.54) is 9.35 Å². The quantitative estimate of drug-likeness (QED) is 0.905. The number of rotatable bonds is 5. The fourth-order valence-electron chi connectivity index (χ4n) is 2.14. The molecule has 2 heterocycles. The van der Waals surface area contributed by atoms with Crippen LogP contribution in [0.5, 0.6) is 0 Å². The molecule has 3 nitrogen and oxygen atoms in total. The van der Waals surface area contributed by atoms with Crippen LogP contribution in [0, 0.1) is 0 Å². The van der Waals surface area contributed by atoms with Gasteiger partial charge < -0.3 is 9.84 Å². The molecule has 0 spiro atoms. The first-order chi connectivity index (χ1) is 8.28. The number of piperidine rings is 1. The number of ether oxygens (including phenoxy) is 1. The molecule has 0 unspecified atom stereocenters. The van der Waals surface area contributed by atoms with E-state index in [-0.39, 0.29) is 6.61 Å². The van der Waals surface area contributed by atoms with Crippen molar-refractivity contribution in [2.24, 2.45) is 0 Å².